The first kappa shape index (κ1) is 18.4. The van der Waals surface area contributed by atoms with Crippen LogP contribution < -0.4 is 9.64 Å². The van der Waals surface area contributed by atoms with Crippen LogP contribution in [-0.2, 0) is 9.59 Å². The van der Waals surface area contributed by atoms with Gasteiger partial charge in [-0.25, -0.2) is 4.79 Å². The summed E-state index contributed by atoms with van der Waals surface area (Å²) in [4.78, 5) is 39.2. The molecule has 5 heteroatoms. The van der Waals surface area contributed by atoms with Crippen LogP contribution in [0.5, 0.6) is 5.75 Å². The summed E-state index contributed by atoms with van der Waals surface area (Å²) >= 11 is 0. The van der Waals surface area contributed by atoms with E-state index in [9.17, 15) is 14.4 Å². The Morgan fingerprint density at radius 1 is 0.929 bits per heavy atom. The van der Waals surface area contributed by atoms with Crippen LogP contribution in [0.15, 0.2) is 48.5 Å². The Balaban J connectivity index is 1.50. The molecule has 1 saturated heterocycles. The molecule has 1 aliphatic heterocycles. The number of ether oxygens (including phenoxy) is 1. The molecule has 2 aliphatic rings. The van der Waals surface area contributed by atoms with Crippen molar-refractivity contribution in [2.75, 3.05) is 4.90 Å². The third-order valence-corrected chi connectivity index (χ3v) is 5.78. The van der Waals surface area contributed by atoms with Gasteiger partial charge in [0.2, 0.25) is 11.8 Å². The van der Waals surface area contributed by atoms with Crippen LogP contribution in [0.3, 0.4) is 0 Å². The minimum atomic E-state index is -0.475. The second-order valence-corrected chi connectivity index (χ2v) is 7.89. The third kappa shape index (κ3) is 3.33. The normalized spacial score (nSPS) is 24.2. The van der Waals surface area contributed by atoms with Gasteiger partial charge in [0.1, 0.15) is 5.75 Å². The zero-order valence-corrected chi connectivity index (χ0v) is 16.1. The summed E-state index contributed by atoms with van der Waals surface area (Å²) in [5.74, 6) is -0.165. The van der Waals surface area contributed by atoms with Gasteiger partial charge in [-0.3, -0.25) is 14.5 Å². The summed E-state index contributed by atoms with van der Waals surface area (Å²) in [6.45, 7) is 4.09. The van der Waals surface area contributed by atoms with Gasteiger partial charge in [0.25, 0.3) is 0 Å². The van der Waals surface area contributed by atoms with Gasteiger partial charge >= 0.3 is 5.97 Å². The highest BCUT2D eigenvalue weighted by Gasteiger charge is 2.49. The van der Waals surface area contributed by atoms with E-state index in [2.05, 4.69) is 6.92 Å². The maximum Gasteiger partial charge on any atom is 0.343 e. The quantitative estimate of drug-likeness (QED) is 0.458. The first-order valence-corrected chi connectivity index (χ1v) is 9.71. The molecule has 0 aromatic heterocycles. The highest BCUT2D eigenvalue weighted by atomic mass is 16.5. The smallest absolute Gasteiger partial charge is 0.343 e. The van der Waals surface area contributed by atoms with Gasteiger partial charge in [-0.05, 0) is 68.5 Å². The summed E-state index contributed by atoms with van der Waals surface area (Å²) in [6.07, 6.45) is 2.53. The van der Waals surface area contributed by atoms with E-state index >= 15 is 0 Å². The van der Waals surface area contributed by atoms with E-state index < -0.39 is 5.97 Å². The number of amides is 2. The molecule has 28 heavy (non-hydrogen) atoms. The maximum atomic E-state index is 12.8. The maximum absolute atomic E-state index is 12.8. The van der Waals surface area contributed by atoms with Crippen molar-refractivity contribution in [3.63, 3.8) is 0 Å². The van der Waals surface area contributed by atoms with Crippen LogP contribution in [0, 0.1) is 24.7 Å². The molecule has 2 aromatic carbocycles. The van der Waals surface area contributed by atoms with Crippen LogP contribution in [-0.4, -0.2) is 17.8 Å². The molecular formula is C23H23NO4. The number of rotatable bonds is 3. The molecule has 0 N–H and O–H groups in total. The van der Waals surface area contributed by atoms with Gasteiger partial charge in [-0.2, -0.15) is 0 Å². The number of hydrogen-bond acceptors (Lipinski definition) is 4. The van der Waals surface area contributed by atoms with Crippen LogP contribution in [0.1, 0.15) is 42.1 Å². The number of carbonyl (C=O) groups excluding carboxylic acids is 3. The van der Waals surface area contributed by atoms with Gasteiger partial charge in [-0.1, -0.05) is 24.6 Å². The standard InChI is InChI=1S/C23H23NO4/c1-14-3-10-18(11-4-14)28-23(27)16-6-8-17(9-7-16)24-21(25)19-12-5-15(2)13-20(19)22(24)26/h3-4,6-11,15,19-20H,5,12-13H2,1-2H3/t15-,19+,20+/m1/s1. The molecule has 0 bridgehead atoms. The molecule has 2 amide bonds. The Hall–Kier alpha value is -2.95. The fourth-order valence-electron chi connectivity index (χ4n) is 4.16. The zero-order chi connectivity index (χ0) is 19.8. The molecule has 2 aromatic rings. The molecule has 0 spiro atoms. The summed E-state index contributed by atoms with van der Waals surface area (Å²) in [5.41, 5.74) is 1.97. The lowest BCUT2D eigenvalue weighted by molar-refractivity contribution is -0.122. The Labute approximate surface area is 164 Å². The number of esters is 1. The average molecular weight is 377 g/mol. The number of nitrogens with zero attached hydrogens (tertiary/aromatic N) is 1. The topological polar surface area (TPSA) is 63.7 Å². The lowest BCUT2D eigenvalue weighted by Gasteiger charge is -2.25. The largest absolute Gasteiger partial charge is 0.423 e. The van der Waals surface area contributed by atoms with Crippen molar-refractivity contribution in [1.82, 2.24) is 0 Å². The minimum Gasteiger partial charge on any atom is -0.423 e. The number of benzene rings is 2. The first-order chi connectivity index (χ1) is 13.4. The number of fused-ring (bicyclic) bond motifs is 1. The van der Waals surface area contributed by atoms with Gasteiger partial charge in [-0.15, -0.1) is 0 Å². The predicted molar refractivity (Wildman–Crippen MR) is 105 cm³/mol. The summed E-state index contributed by atoms with van der Waals surface area (Å²) < 4.78 is 5.37. The van der Waals surface area contributed by atoms with E-state index in [1.807, 2.05) is 19.1 Å². The average Bonchev–Trinajstić information content (AvgIpc) is 2.93. The Bertz CT molecular complexity index is 917. The number of imide groups is 1. The lowest BCUT2D eigenvalue weighted by Crippen LogP contribution is -2.30. The van der Waals surface area contributed by atoms with Crippen molar-refractivity contribution in [2.45, 2.75) is 33.1 Å². The SMILES string of the molecule is Cc1ccc(OC(=O)c2ccc(N3C(=O)[C@H]4CC[C@@H](C)C[C@@H]4C3=O)cc2)cc1. The second kappa shape index (κ2) is 7.23. The molecule has 1 aliphatic carbocycles. The molecule has 1 heterocycles. The molecule has 0 radical (unpaired) electrons. The highest BCUT2D eigenvalue weighted by molar-refractivity contribution is 6.22. The van der Waals surface area contributed by atoms with Gasteiger partial charge in [0.15, 0.2) is 0 Å². The van der Waals surface area contributed by atoms with Crippen molar-refractivity contribution in [2.24, 2.45) is 17.8 Å². The fourth-order valence-corrected chi connectivity index (χ4v) is 4.16. The summed E-state index contributed by atoms with van der Waals surface area (Å²) in [6, 6.07) is 13.7. The van der Waals surface area contributed by atoms with Gasteiger partial charge in [0, 0.05) is 0 Å². The minimum absolute atomic E-state index is 0.114. The van der Waals surface area contributed by atoms with E-state index in [-0.39, 0.29) is 23.7 Å². The Kier molecular flexibility index (Phi) is 4.75. The van der Waals surface area contributed by atoms with Crippen molar-refractivity contribution in [3.8, 4) is 5.75 Å². The number of aryl methyl sites for hydroxylation is 1. The van der Waals surface area contributed by atoms with E-state index in [4.69, 9.17) is 4.74 Å². The summed E-state index contributed by atoms with van der Waals surface area (Å²) in [5, 5.41) is 0. The summed E-state index contributed by atoms with van der Waals surface area (Å²) in [7, 11) is 0. The molecule has 2 fully saturated rings. The highest BCUT2D eigenvalue weighted by Crippen LogP contribution is 2.42. The third-order valence-electron chi connectivity index (χ3n) is 5.78. The molecule has 1 saturated carbocycles. The molecule has 3 atom stereocenters. The number of hydrogen-bond donors (Lipinski definition) is 0. The van der Waals surface area contributed by atoms with Crippen LogP contribution >= 0.6 is 0 Å². The molecule has 0 unspecified atom stereocenters. The zero-order valence-electron chi connectivity index (χ0n) is 16.1. The number of anilines is 1. The predicted octanol–water partition coefficient (Wildman–Crippen LogP) is 4.14. The van der Waals surface area contributed by atoms with E-state index in [0.717, 1.165) is 24.8 Å². The van der Waals surface area contributed by atoms with Crippen LogP contribution in [0.2, 0.25) is 0 Å². The first-order valence-electron chi connectivity index (χ1n) is 9.71. The van der Waals surface area contributed by atoms with Crippen LogP contribution in [0.25, 0.3) is 0 Å². The van der Waals surface area contributed by atoms with E-state index in [0.29, 0.717) is 22.9 Å². The molecular weight excluding hydrogens is 354 g/mol. The van der Waals surface area contributed by atoms with Crippen LogP contribution in [0.4, 0.5) is 5.69 Å². The van der Waals surface area contributed by atoms with Gasteiger partial charge in [0.05, 0.1) is 23.1 Å². The van der Waals surface area contributed by atoms with Crippen molar-refractivity contribution < 1.29 is 19.1 Å². The Morgan fingerprint density at radius 3 is 2.25 bits per heavy atom. The Morgan fingerprint density at radius 2 is 1.57 bits per heavy atom. The lowest BCUT2D eigenvalue weighted by atomic mass is 9.76. The molecule has 5 nitrogen and oxygen atoms in total. The fraction of sp³-hybridized carbons (Fsp3) is 0.348. The van der Waals surface area contributed by atoms with E-state index in [1.54, 1.807) is 36.4 Å². The second-order valence-electron chi connectivity index (χ2n) is 7.89. The van der Waals surface area contributed by atoms with Crippen molar-refractivity contribution >= 4 is 23.5 Å². The van der Waals surface area contributed by atoms with Crippen molar-refractivity contribution in [1.29, 1.82) is 0 Å². The molecule has 144 valence electrons. The monoisotopic (exact) mass is 377 g/mol. The number of carbonyl (C=O) groups is 3. The van der Waals surface area contributed by atoms with E-state index in [1.165, 1.54) is 4.90 Å². The van der Waals surface area contributed by atoms with Crippen molar-refractivity contribution in [3.05, 3.63) is 59.7 Å². The van der Waals surface area contributed by atoms with Gasteiger partial charge < -0.3 is 4.74 Å². The molecule has 4 rings (SSSR count).